The molecule has 2 aliphatic rings. The summed E-state index contributed by atoms with van der Waals surface area (Å²) in [5.74, 6) is 0.178. The van der Waals surface area contributed by atoms with Crippen molar-refractivity contribution in [2.45, 2.75) is 44.1 Å². The molecule has 5 nitrogen and oxygen atoms in total. The van der Waals surface area contributed by atoms with Gasteiger partial charge in [-0.25, -0.2) is 0 Å². The quantitative estimate of drug-likeness (QED) is 0.747. The Kier molecular flexibility index (Phi) is 4.16. The highest BCUT2D eigenvalue weighted by Gasteiger charge is 2.34. The molecule has 1 aromatic carbocycles. The summed E-state index contributed by atoms with van der Waals surface area (Å²) in [6, 6.07) is 7.34. The van der Waals surface area contributed by atoms with Crippen molar-refractivity contribution in [1.82, 2.24) is 5.32 Å². The molecule has 5 heteroatoms. The molecule has 0 aromatic heterocycles. The van der Waals surface area contributed by atoms with E-state index in [0.29, 0.717) is 6.54 Å². The van der Waals surface area contributed by atoms with Crippen molar-refractivity contribution in [3.05, 3.63) is 29.8 Å². The fraction of sp³-hybridized carbons (Fsp3) is 0.529. The smallest absolute Gasteiger partial charge is 0.227 e. The molecule has 0 heterocycles. The zero-order valence-corrected chi connectivity index (χ0v) is 12.6. The lowest BCUT2D eigenvalue weighted by molar-refractivity contribution is -0.123. The van der Waals surface area contributed by atoms with Crippen molar-refractivity contribution in [2.75, 3.05) is 11.9 Å². The number of aliphatic hydroxyl groups is 1. The summed E-state index contributed by atoms with van der Waals surface area (Å²) in [6.07, 6.45) is 4.81. The van der Waals surface area contributed by atoms with E-state index in [9.17, 15) is 14.7 Å². The predicted octanol–water partition coefficient (Wildman–Crippen LogP) is 1.61. The van der Waals surface area contributed by atoms with Crippen LogP contribution in [-0.2, 0) is 16.0 Å². The van der Waals surface area contributed by atoms with Gasteiger partial charge in [-0.2, -0.15) is 0 Å². The van der Waals surface area contributed by atoms with Crippen molar-refractivity contribution < 1.29 is 14.7 Å². The molecule has 0 spiro atoms. The molecule has 22 heavy (non-hydrogen) atoms. The van der Waals surface area contributed by atoms with Crippen molar-refractivity contribution in [3.63, 3.8) is 0 Å². The second-order valence-electron chi connectivity index (χ2n) is 6.49. The number of benzene rings is 1. The molecule has 0 bridgehead atoms. The van der Waals surface area contributed by atoms with Crippen LogP contribution < -0.4 is 10.6 Å². The molecule has 2 fully saturated rings. The predicted molar refractivity (Wildman–Crippen MR) is 83.3 cm³/mol. The number of hydrogen-bond donors (Lipinski definition) is 3. The van der Waals surface area contributed by atoms with Crippen LogP contribution in [0.4, 0.5) is 5.69 Å². The molecule has 2 saturated carbocycles. The number of carbonyl (C=O) groups is 2. The largest absolute Gasteiger partial charge is 0.388 e. The highest BCUT2D eigenvalue weighted by Crippen LogP contribution is 2.31. The summed E-state index contributed by atoms with van der Waals surface area (Å²) in [7, 11) is 0. The molecule has 2 aliphatic carbocycles. The van der Waals surface area contributed by atoms with Crippen LogP contribution in [-0.4, -0.2) is 29.1 Å². The number of nitrogens with one attached hydrogen (secondary N) is 2. The van der Waals surface area contributed by atoms with Crippen molar-refractivity contribution in [1.29, 1.82) is 0 Å². The van der Waals surface area contributed by atoms with E-state index < -0.39 is 5.60 Å². The Balaban J connectivity index is 1.45. The first-order valence-corrected chi connectivity index (χ1v) is 7.93. The molecular formula is C17H22N2O3. The average molecular weight is 302 g/mol. The molecule has 0 saturated heterocycles. The molecule has 0 aliphatic heterocycles. The van der Waals surface area contributed by atoms with E-state index in [4.69, 9.17) is 0 Å². The third-order valence-corrected chi connectivity index (χ3v) is 4.43. The molecule has 3 N–H and O–H groups in total. The summed E-state index contributed by atoms with van der Waals surface area (Å²) in [5.41, 5.74) is 0.972. The van der Waals surface area contributed by atoms with Gasteiger partial charge in [0.2, 0.25) is 11.8 Å². The fourth-order valence-corrected chi connectivity index (χ4v) is 2.57. The van der Waals surface area contributed by atoms with Gasteiger partial charge in [0.25, 0.3) is 0 Å². The maximum atomic E-state index is 11.9. The van der Waals surface area contributed by atoms with Crippen molar-refractivity contribution in [3.8, 4) is 0 Å². The number of rotatable bonds is 6. The van der Waals surface area contributed by atoms with Crippen LogP contribution in [0.1, 0.15) is 37.7 Å². The standard InChI is InChI=1S/C17H22N2O3/c20-15(18-11-17(22)8-1-9-17)10-12-2-6-14(7-3-12)19-16(21)13-4-5-13/h2-3,6-7,13,22H,1,4-5,8-11H2,(H,18,20)(H,19,21). The maximum Gasteiger partial charge on any atom is 0.227 e. The minimum absolute atomic E-state index is 0.0826. The minimum Gasteiger partial charge on any atom is -0.388 e. The summed E-state index contributed by atoms with van der Waals surface area (Å²) in [5, 5.41) is 15.6. The molecular weight excluding hydrogens is 280 g/mol. The molecule has 0 atom stereocenters. The van der Waals surface area contributed by atoms with E-state index in [1.54, 1.807) is 0 Å². The topological polar surface area (TPSA) is 78.4 Å². The van der Waals surface area contributed by atoms with E-state index in [-0.39, 0.29) is 24.2 Å². The molecule has 2 amide bonds. The van der Waals surface area contributed by atoms with Gasteiger partial charge in [-0.1, -0.05) is 12.1 Å². The van der Waals surface area contributed by atoms with Gasteiger partial charge in [0.05, 0.1) is 12.0 Å². The Labute approximate surface area is 130 Å². The highest BCUT2D eigenvalue weighted by molar-refractivity contribution is 5.94. The van der Waals surface area contributed by atoms with Crippen LogP contribution in [0.5, 0.6) is 0 Å². The van der Waals surface area contributed by atoms with Gasteiger partial charge in [0, 0.05) is 18.2 Å². The monoisotopic (exact) mass is 302 g/mol. The first-order chi connectivity index (χ1) is 10.5. The maximum absolute atomic E-state index is 11.9. The Morgan fingerprint density at radius 2 is 1.86 bits per heavy atom. The average Bonchev–Trinajstić information content (AvgIpc) is 3.30. The van der Waals surface area contributed by atoms with E-state index >= 15 is 0 Å². The summed E-state index contributed by atoms with van der Waals surface area (Å²) in [4.78, 5) is 23.5. The normalized spacial score (nSPS) is 19.1. The molecule has 118 valence electrons. The Bertz CT molecular complexity index is 560. The Hall–Kier alpha value is -1.88. The first-order valence-electron chi connectivity index (χ1n) is 7.93. The SMILES string of the molecule is O=C(Cc1ccc(NC(=O)C2CC2)cc1)NCC1(O)CCC1. The lowest BCUT2D eigenvalue weighted by Gasteiger charge is -2.36. The lowest BCUT2D eigenvalue weighted by Crippen LogP contribution is -2.48. The van der Waals surface area contributed by atoms with E-state index in [0.717, 1.165) is 43.4 Å². The van der Waals surface area contributed by atoms with Crippen molar-refractivity contribution >= 4 is 17.5 Å². The third-order valence-electron chi connectivity index (χ3n) is 4.43. The highest BCUT2D eigenvalue weighted by atomic mass is 16.3. The van der Waals surface area contributed by atoms with Crippen LogP contribution in [0, 0.1) is 5.92 Å². The van der Waals surface area contributed by atoms with Gasteiger partial charge in [0.15, 0.2) is 0 Å². The fourth-order valence-electron chi connectivity index (χ4n) is 2.57. The van der Waals surface area contributed by atoms with Crippen LogP contribution in [0.2, 0.25) is 0 Å². The van der Waals surface area contributed by atoms with E-state index in [2.05, 4.69) is 10.6 Å². The van der Waals surface area contributed by atoms with Gasteiger partial charge in [-0.05, 0) is 49.8 Å². The minimum atomic E-state index is -0.688. The Morgan fingerprint density at radius 1 is 1.18 bits per heavy atom. The van der Waals surface area contributed by atoms with E-state index in [1.807, 2.05) is 24.3 Å². The molecule has 1 aromatic rings. The summed E-state index contributed by atoms with van der Waals surface area (Å²) >= 11 is 0. The van der Waals surface area contributed by atoms with Gasteiger partial charge in [0.1, 0.15) is 0 Å². The van der Waals surface area contributed by atoms with Crippen LogP contribution in [0.15, 0.2) is 24.3 Å². The van der Waals surface area contributed by atoms with Crippen LogP contribution in [0.3, 0.4) is 0 Å². The number of anilines is 1. The van der Waals surface area contributed by atoms with Gasteiger partial charge < -0.3 is 15.7 Å². The van der Waals surface area contributed by atoms with Gasteiger partial charge >= 0.3 is 0 Å². The summed E-state index contributed by atoms with van der Waals surface area (Å²) in [6.45, 7) is 0.335. The first kappa shape index (κ1) is 15.0. The number of hydrogen-bond acceptors (Lipinski definition) is 3. The lowest BCUT2D eigenvalue weighted by atomic mass is 9.80. The van der Waals surface area contributed by atoms with Gasteiger partial charge in [-0.15, -0.1) is 0 Å². The Morgan fingerprint density at radius 3 is 2.41 bits per heavy atom. The molecule has 0 radical (unpaired) electrons. The second kappa shape index (κ2) is 6.08. The van der Waals surface area contributed by atoms with E-state index in [1.165, 1.54) is 0 Å². The number of amides is 2. The second-order valence-corrected chi connectivity index (χ2v) is 6.49. The zero-order valence-electron chi connectivity index (χ0n) is 12.6. The van der Waals surface area contributed by atoms with Crippen molar-refractivity contribution in [2.24, 2.45) is 5.92 Å². The van der Waals surface area contributed by atoms with Crippen LogP contribution in [0.25, 0.3) is 0 Å². The zero-order chi connectivity index (χ0) is 15.6. The van der Waals surface area contributed by atoms with Gasteiger partial charge in [-0.3, -0.25) is 9.59 Å². The number of carbonyl (C=O) groups excluding carboxylic acids is 2. The summed E-state index contributed by atoms with van der Waals surface area (Å²) < 4.78 is 0. The third kappa shape index (κ3) is 3.85. The van der Waals surface area contributed by atoms with Crippen LogP contribution >= 0.6 is 0 Å². The molecule has 0 unspecified atom stereocenters. The molecule has 3 rings (SSSR count).